The molecule has 2 aromatic heterocycles. The molecule has 0 fully saturated rings. The summed E-state index contributed by atoms with van der Waals surface area (Å²) in [6, 6.07) is 6.56. The monoisotopic (exact) mass is 243 g/mol. The number of aromatic nitrogens is 5. The van der Waals surface area contributed by atoms with Crippen molar-refractivity contribution in [2.75, 3.05) is 0 Å². The van der Waals surface area contributed by atoms with E-state index in [9.17, 15) is 4.39 Å². The molecule has 0 amide bonds. The van der Waals surface area contributed by atoms with Crippen molar-refractivity contribution < 1.29 is 4.39 Å². The van der Waals surface area contributed by atoms with E-state index >= 15 is 0 Å². The first-order chi connectivity index (χ1) is 8.74. The summed E-state index contributed by atoms with van der Waals surface area (Å²) in [5, 5.41) is 12.0. The molecule has 0 aliphatic heterocycles. The van der Waals surface area contributed by atoms with Crippen molar-refractivity contribution in [3.63, 3.8) is 0 Å². The molecule has 3 aromatic rings. The molecule has 0 spiro atoms. The highest BCUT2D eigenvalue weighted by Crippen LogP contribution is 2.19. The van der Waals surface area contributed by atoms with E-state index in [1.54, 1.807) is 23.9 Å². The molecule has 1 aromatic carbocycles. The minimum absolute atomic E-state index is 0.281. The van der Waals surface area contributed by atoms with E-state index in [2.05, 4.69) is 20.5 Å². The average molecular weight is 243 g/mol. The maximum absolute atomic E-state index is 13.5. The second-order valence-electron chi connectivity index (χ2n) is 4.02. The Balaban J connectivity index is 2.14. The summed E-state index contributed by atoms with van der Waals surface area (Å²) in [7, 11) is 0. The molecule has 90 valence electrons. The van der Waals surface area contributed by atoms with Crippen LogP contribution in [0, 0.1) is 12.7 Å². The molecular weight excluding hydrogens is 233 g/mol. The van der Waals surface area contributed by atoms with Gasteiger partial charge in [-0.05, 0) is 35.5 Å². The molecule has 0 N–H and O–H groups in total. The van der Waals surface area contributed by atoms with Gasteiger partial charge in [0.2, 0.25) is 0 Å². The maximum atomic E-state index is 13.5. The van der Waals surface area contributed by atoms with Gasteiger partial charge in [0.1, 0.15) is 11.6 Å². The number of rotatable bonds is 2. The van der Waals surface area contributed by atoms with Crippen LogP contribution in [-0.2, 0) is 6.54 Å². The fraction of sp³-hybridized carbons (Fsp3) is 0.167. The van der Waals surface area contributed by atoms with Crippen LogP contribution in [0.3, 0.4) is 0 Å². The molecule has 0 bridgehead atoms. The number of hydrogen-bond acceptors (Lipinski definition) is 4. The Labute approximate surface area is 102 Å². The normalized spacial score (nSPS) is 11.0. The molecule has 2 heterocycles. The van der Waals surface area contributed by atoms with Gasteiger partial charge in [0.05, 0.1) is 12.1 Å². The van der Waals surface area contributed by atoms with Gasteiger partial charge < -0.3 is 0 Å². The third-order valence-corrected chi connectivity index (χ3v) is 2.78. The van der Waals surface area contributed by atoms with Crippen molar-refractivity contribution in [3.8, 4) is 0 Å². The first kappa shape index (κ1) is 10.8. The van der Waals surface area contributed by atoms with Gasteiger partial charge in [-0.25, -0.2) is 9.07 Å². The summed E-state index contributed by atoms with van der Waals surface area (Å²) in [6.45, 7) is 2.21. The summed E-state index contributed by atoms with van der Waals surface area (Å²) in [5.41, 5.74) is 1.54. The summed E-state index contributed by atoms with van der Waals surface area (Å²) < 4.78 is 15.2. The third kappa shape index (κ3) is 1.81. The van der Waals surface area contributed by atoms with Crippen LogP contribution in [0.25, 0.3) is 10.9 Å². The molecule has 0 aliphatic carbocycles. The van der Waals surface area contributed by atoms with Crippen LogP contribution < -0.4 is 0 Å². The van der Waals surface area contributed by atoms with Crippen molar-refractivity contribution in [2.24, 2.45) is 0 Å². The predicted molar refractivity (Wildman–Crippen MR) is 63.4 cm³/mol. The fourth-order valence-electron chi connectivity index (χ4n) is 1.90. The minimum atomic E-state index is -0.281. The Hall–Kier alpha value is -2.37. The highest BCUT2D eigenvalue weighted by atomic mass is 19.1. The molecule has 0 aliphatic rings. The SMILES string of the molecule is Cc1nnnn1Cc1cc(F)cc2cccnc12. The van der Waals surface area contributed by atoms with Crippen LogP contribution in [0.5, 0.6) is 0 Å². The molecule has 0 atom stereocenters. The summed E-state index contributed by atoms with van der Waals surface area (Å²) in [4.78, 5) is 4.28. The summed E-state index contributed by atoms with van der Waals surface area (Å²) >= 11 is 0. The number of fused-ring (bicyclic) bond motifs is 1. The number of benzene rings is 1. The van der Waals surface area contributed by atoms with E-state index in [1.807, 2.05) is 6.07 Å². The molecule has 18 heavy (non-hydrogen) atoms. The molecule has 0 unspecified atom stereocenters. The number of aryl methyl sites for hydroxylation is 1. The van der Waals surface area contributed by atoms with Gasteiger partial charge in [-0.1, -0.05) is 6.07 Å². The number of hydrogen-bond donors (Lipinski definition) is 0. The summed E-state index contributed by atoms with van der Waals surface area (Å²) in [5.74, 6) is 0.402. The Morgan fingerprint density at radius 1 is 1.33 bits per heavy atom. The van der Waals surface area contributed by atoms with E-state index in [0.717, 1.165) is 16.5 Å². The van der Waals surface area contributed by atoms with Gasteiger partial charge in [-0.2, -0.15) is 0 Å². The standard InChI is InChI=1S/C12H10FN5/c1-8-15-16-17-18(8)7-10-6-11(13)5-9-3-2-4-14-12(9)10/h2-6H,7H2,1H3. The molecule has 0 radical (unpaired) electrons. The highest BCUT2D eigenvalue weighted by Gasteiger charge is 2.08. The molecule has 5 nitrogen and oxygen atoms in total. The van der Waals surface area contributed by atoms with Crippen molar-refractivity contribution in [3.05, 3.63) is 47.7 Å². The van der Waals surface area contributed by atoms with Gasteiger partial charge >= 0.3 is 0 Å². The van der Waals surface area contributed by atoms with Crippen molar-refractivity contribution in [1.29, 1.82) is 0 Å². The van der Waals surface area contributed by atoms with Gasteiger partial charge in [-0.15, -0.1) is 5.10 Å². The van der Waals surface area contributed by atoms with E-state index < -0.39 is 0 Å². The lowest BCUT2D eigenvalue weighted by atomic mass is 10.1. The number of pyridine rings is 1. The third-order valence-electron chi connectivity index (χ3n) is 2.78. The first-order valence-electron chi connectivity index (χ1n) is 5.50. The second kappa shape index (κ2) is 4.14. The predicted octanol–water partition coefficient (Wildman–Crippen LogP) is 1.72. The quantitative estimate of drug-likeness (QED) is 0.687. The largest absolute Gasteiger partial charge is 0.256 e. The van der Waals surface area contributed by atoms with Crippen LogP contribution in [0.15, 0.2) is 30.5 Å². The molecule has 3 rings (SSSR count). The van der Waals surface area contributed by atoms with Crippen LogP contribution in [0.2, 0.25) is 0 Å². The highest BCUT2D eigenvalue weighted by molar-refractivity contribution is 5.81. The fourth-order valence-corrected chi connectivity index (χ4v) is 1.90. The Bertz CT molecular complexity index is 707. The Morgan fingerprint density at radius 2 is 2.22 bits per heavy atom. The lowest BCUT2D eigenvalue weighted by Crippen LogP contribution is -2.05. The van der Waals surface area contributed by atoms with Crippen molar-refractivity contribution >= 4 is 10.9 Å². The van der Waals surface area contributed by atoms with E-state index in [1.165, 1.54) is 12.1 Å². The van der Waals surface area contributed by atoms with Crippen LogP contribution in [-0.4, -0.2) is 25.2 Å². The van der Waals surface area contributed by atoms with E-state index in [-0.39, 0.29) is 5.82 Å². The minimum Gasteiger partial charge on any atom is -0.256 e. The van der Waals surface area contributed by atoms with Crippen LogP contribution >= 0.6 is 0 Å². The smallest absolute Gasteiger partial charge is 0.148 e. The second-order valence-corrected chi connectivity index (χ2v) is 4.02. The van der Waals surface area contributed by atoms with Crippen molar-refractivity contribution in [2.45, 2.75) is 13.5 Å². The van der Waals surface area contributed by atoms with Gasteiger partial charge in [0.15, 0.2) is 0 Å². The zero-order valence-corrected chi connectivity index (χ0v) is 9.71. The maximum Gasteiger partial charge on any atom is 0.148 e. The molecular formula is C12H10FN5. The van der Waals surface area contributed by atoms with Crippen LogP contribution in [0.1, 0.15) is 11.4 Å². The number of halogens is 1. The number of nitrogens with zero attached hydrogens (tertiary/aromatic N) is 5. The molecule has 0 saturated heterocycles. The van der Waals surface area contributed by atoms with Gasteiger partial charge in [0.25, 0.3) is 0 Å². The first-order valence-corrected chi connectivity index (χ1v) is 5.50. The topological polar surface area (TPSA) is 56.5 Å². The van der Waals surface area contributed by atoms with Gasteiger partial charge in [0, 0.05) is 17.1 Å². The molecule has 6 heteroatoms. The van der Waals surface area contributed by atoms with Crippen molar-refractivity contribution in [1.82, 2.24) is 25.2 Å². The van der Waals surface area contributed by atoms with E-state index in [0.29, 0.717) is 12.4 Å². The zero-order valence-electron chi connectivity index (χ0n) is 9.71. The Kier molecular flexibility index (Phi) is 2.47. The number of tetrazole rings is 1. The molecule has 0 saturated carbocycles. The van der Waals surface area contributed by atoms with E-state index in [4.69, 9.17) is 0 Å². The van der Waals surface area contributed by atoms with Gasteiger partial charge in [-0.3, -0.25) is 4.98 Å². The lowest BCUT2D eigenvalue weighted by molar-refractivity contribution is 0.612. The van der Waals surface area contributed by atoms with Crippen LogP contribution in [0.4, 0.5) is 4.39 Å². The Morgan fingerprint density at radius 3 is 3.00 bits per heavy atom. The zero-order chi connectivity index (χ0) is 12.5. The summed E-state index contributed by atoms with van der Waals surface area (Å²) in [6.07, 6.45) is 1.69. The lowest BCUT2D eigenvalue weighted by Gasteiger charge is -2.06. The average Bonchev–Trinajstić information content (AvgIpc) is 2.75.